The van der Waals surface area contributed by atoms with Crippen LogP contribution < -0.4 is 0 Å². The zero-order chi connectivity index (χ0) is 7.40. The van der Waals surface area contributed by atoms with Crippen LogP contribution >= 0.6 is 0 Å². The van der Waals surface area contributed by atoms with E-state index in [1.54, 1.807) is 12.4 Å². The Kier molecular flexibility index (Phi) is 2.37. The minimum Gasteiger partial charge on any atom is -0.264 e. The summed E-state index contributed by atoms with van der Waals surface area (Å²) in [6.07, 6.45) is 3.39. The van der Waals surface area contributed by atoms with Crippen LogP contribution in [0.4, 0.5) is 4.39 Å². The Labute approximate surface area is 59.9 Å². The average molecular weight is 139 g/mol. The fourth-order valence-electron chi connectivity index (χ4n) is 0.757. The molecule has 0 aliphatic carbocycles. The molecule has 0 aliphatic heterocycles. The summed E-state index contributed by atoms with van der Waals surface area (Å²) in [6, 6.07) is 3.71. The molecule has 0 fully saturated rings. The van der Waals surface area contributed by atoms with Gasteiger partial charge in [-0.3, -0.25) is 9.37 Å². The third-order valence-corrected chi connectivity index (χ3v) is 1.48. The molecule has 1 heterocycles. The van der Waals surface area contributed by atoms with Crippen molar-refractivity contribution in [3.8, 4) is 0 Å². The lowest BCUT2D eigenvalue weighted by molar-refractivity contribution is 0.446. The van der Waals surface area contributed by atoms with Crippen molar-refractivity contribution in [1.29, 1.82) is 0 Å². The molecule has 1 aromatic heterocycles. The van der Waals surface area contributed by atoms with Crippen LogP contribution in [0.3, 0.4) is 0 Å². The van der Waals surface area contributed by atoms with Gasteiger partial charge in [-0.05, 0) is 11.6 Å². The first kappa shape index (κ1) is 7.19. The first-order chi connectivity index (χ1) is 4.84. The van der Waals surface area contributed by atoms with E-state index in [0.717, 1.165) is 5.56 Å². The van der Waals surface area contributed by atoms with Crippen LogP contribution in [-0.2, 0) is 0 Å². The van der Waals surface area contributed by atoms with Crippen LogP contribution in [0.15, 0.2) is 24.5 Å². The molecule has 1 aromatic rings. The predicted molar refractivity (Wildman–Crippen MR) is 38.6 cm³/mol. The average Bonchev–Trinajstić information content (AvgIpc) is 2.05. The normalized spacial score (nSPS) is 13.0. The van der Waals surface area contributed by atoms with E-state index in [0.29, 0.717) is 0 Å². The number of pyridine rings is 1. The quantitative estimate of drug-likeness (QED) is 0.611. The van der Waals surface area contributed by atoms with Crippen LogP contribution in [0.2, 0.25) is 0 Å². The van der Waals surface area contributed by atoms with Gasteiger partial charge in [-0.1, -0.05) is 13.0 Å². The summed E-state index contributed by atoms with van der Waals surface area (Å²) in [7, 11) is 0. The lowest BCUT2D eigenvalue weighted by Gasteiger charge is -2.03. The highest BCUT2D eigenvalue weighted by Gasteiger charge is 2.02. The molecule has 10 heavy (non-hydrogen) atoms. The van der Waals surface area contributed by atoms with Gasteiger partial charge in [0.1, 0.15) is 0 Å². The van der Waals surface area contributed by atoms with Crippen molar-refractivity contribution in [3.63, 3.8) is 0 Å². The number of halogens is 1. The number of hydrogen-bond donors (Lipinski definition) is 0. The second-order valence-electron chi connectivity index (χ2n) is 2.34. The van der Waals surface area contributed by atoms with Gasteiger partial charge in [0.05, 0.1) is 6.67 Å². The Morgan fingerprint density at radius 1 is 1.70 bits per heavy atom. The highest BCUT2D eigenvalue weighted by molar-refractivity contribution is 5.13. The van der Waals surface area contributed by atoms with E-state index in [1.807, 2.05) is 19.1 Å². The second kappa shape index (κ2) is 3.30. The van der Waals surface area contributed by atoms with Crippen LogP contribution in [-0.4, -0.2) is 11.7 Å². The Morgan fingerprint density at radius 3 is 3.00 bits per heavy atom. The number of rotatable bonds is 2. The highest BCUT2D eigenvalue weighted by atomic mass is 19.1. The van der Waals surface area contributed by atoms with Gasteiger partial charge in [-0.15, -0.1) is 0 Å². The summed E-state index contributed by atoms with van der Waals surface area (Å²) in [5.41, 5.74) is 0.963. The molecular formula is C8H10FN. The SMILES string of the molecule is CC(CF)c1cccnc1. The number of aromatic nitrogens is 1. The first-order valence-corrected chi connectivity index (χ1v) is 3.30. The first-order valence-electron chi connectivity index (χ1n) is 3.30. The topological polar surface area (TPSA) is 12.9 Å². The van der Waals surface area contributed by atoms with Crippen LogP contribution in [0, 0.1) is 0 Å². The fourth-order valence-corrected chi connectivity index (χ4v) is 0.757. The zero-order valence-electron chi connectivity index (χ0n) is 5.92. The molecule has 0 spiro atoms. The zero-order valence-corrected chi connectivity index (χ0v) is 5.92. The maximum atomic E-state index is 12.0. The minimum atomic E-state index is -0.314. The molecule has 2 heteroatoms. The lowest BCUT2D eigenvalue weighted by atomic mass is 10.1. The van der Waals surface area contributed by atoms with Gasteiger partial charge in [0.2, 0.25) is 0 Å². The van der Waals surface area contributed by atoms with E-state index in [4.69, 9.17) is 0 Å². The van der Waals surface area contributed by atoms with Gasteiger partial charge in [-0.2, -0.15) is 0 Å². The van der Waals surface area contributed by atoms with Gasteiger partial charge in [0.15, 0.2) is 0 Å². The van der Waals surface area contributed by atoms with Crippen molar-refractivity contribution >= 4 is 0 Å². The second-order valence-corrected chi connectivity index (χ2v) is 2.34. The molecule has 1 rings (SSSR count). The Hall–Kier alpha value is -0.920. The van der Waals surface area contributed by atoms with Crippen molar-refractivity contribution in [2.45, 2.75) is 12.8 Å². The van der Waals surface area contributed by atoms with Gasteiger partial charge in [0, 0.05) is 18.3 Å². The molecule has 0 bridgehead atoms. The van der Waals surface area contributed by atoms with E-state index in [-0.39, 0.29) is 12.6 Å². The standard InChI is InChI=1S/C8H10FN/c1-7(5-9)8-3-2-4-10-6-8/h2-4,6-7H,5H2,1H3. The highest BCUT2D eigenvalue weighted by Crippen LogP contribution is 2.12. The molecule has 0 aromatic carbocycles. The molecule has 0 N–H and O–H groups in total. The summed E-state index contributed by atoms with van der Waals surface area (Å²) in [6.45, 7) is 1.53. The fraction of sp³-hybridized carbons (Fsp3) is 0.375. The van der Waals surface area contributed by atoms with Crippen molar-refractivity contribution in [2.24, 2.45) is 0 Å². The molecule has 0 saturated heterocycles. The van der Waals surface area contributed by atoms with Crippen molar-refractivity contribution in [1.82, 2.24) is 4.98 Å². The molecule has 1 unspecified atom stereocenters. The summed E-state index contributed by atoms with van der Waals surface area (Å²) < 4.78 is 12.0. The summed E-state index contributed by atoms with van der Waals surface area (Å²) in [5.74, 6) is -0.0197. The Balaban J connectivity index is 2.75. The summed E-state index contributed by atoms with van der Waals surface area (Å²) in [4.78, 5) is 3.89. The molecule has 1 nitrogen and oxygen atoms in total. The van der Waals surface area contributed by atoms with Crippen molar-refractivity contribution < 1.29 is 4.39 Å². The van der Waals surface area contributed by atoms with E-state index >= 15 is 0 Å². The van der Waals surface area contributed by atoms with E-state index in [1.165, 1.54) is 0 Å². The van der Waals surface area contributed by atoms with Gasteiger partial charge >= 0.3 is 0 Å². The lowest BCUT2D eigenvalue weighted by Crippen LogP contribution is -1.94. The van der Waals surface area contributed by atoms with Gasteiger partial charge in [-0.25, -0.2) is 0 Å². The maximum absolute atomic E-state index is 12.0. The number of nitrogens with zero attached hydrogens (tertiary/aromatic N) is 1. The Morgan fingerprint density at radius 2 is 2.50 bits per heavy atom. The molecular weight excluding hydrogens is 129 g/mol. The third-order valence-electron chi connectivity index (χ3n) is 1.48. The summed E-state index contributed by atoms with van der Waals surface area (Å²) >= 11 is 0. The summed E-state index contributed by atoms with van der Waals surface area (Å²) in [5, 5.41) is 0. The van der Waals surface area contributed by atoms with E-state index in [2.05, 4.69) is 4.98 Å². The van der Waals surface area contributed by atoms with Gasteiger partial charge < -0.3 is 0 Å². The van der Waals surface area contributed by atoms with E-state index in [9.17, 15) is 4.39 Å². The number of alkyl halides is 1. The van der Waals surface area contributed by atoms with Crippen LogP contribution in [0.1, 0.15) is 18.4 Å². The molecule has 1 atom stereocenters. The molecule has 0 aliphatic rings. The van der Waals surface area contributed by atoms with Crippen LogP contribution in [0.5, 0.6) is 0 Å². The monoisotopic (exact) mass is 139 g/mol. The largest absolute Gasteiger partial charge is 0.264 e. The Bertz CT molecular complexity index is 186. The maximum Gasteiger partial charge on any atom is 0.0960 e. The third kappa shape index (κ3) is 1.53. The molecule has 54 valence electrons. The van der Waals surface area contributed by atoms with Crippen molar-refractivity contribution in [2.75, 3.05) is 6.67 Å². The molecule has 0 radical (unpaired) electrons. The smallest absolute Gasteiger partial charge is 0.0960 e. The molecule has 0 saturated carbocycles. The predicted octanol–water partition coefficient (Wildman–Crippen LogP) is 2.15. The van der Waals surface area contributed by atoms with Crippen molar-refractivity contribution in [3.05, 3.63) is 30.1 Å². The van der Waals surface area contributed by atoms with E-state index < -0.39 is 0 Å². The van der Waals surface area contributed by atoms with Gasteiger partial charge in [0.25, 0.3) is 0 Å². The minimum absolute atomic E-state index is 0.0197. The van der Waals surface area contributed by atoms with Crippen LogP contribution in [0.25, 0.3) is 0 Å². The molecule has 0 amide bonds. The number of hydrogen-bond acceptors (Lipinski definition) is 1.